The van der Waals surface area contributed by atoms with E-state index in [-0.39, 0.29) is 53.0 Å². The molecule has 0 aromatic rings. The predicted molar refractivity (Wildman–Crippen MR) is 17.4 cm³/mol. The van der Waals surface area contributed by atoms with E-state index in [1.807, 2.05) is 0 Å². The third-order valence-electron chi connectivity index (χ3n) is 0. The van der Waals surface area contributed by atoms with Crippen LogP contribution in [0.1, 0.15) is 0 Å². The Morgan fingerprint density at radius 3 is 0.429 bits per heavy atom. The first-order valence-electron chi connectivity index (χ1n) is 1.71. The van der Waals surface area contributed by atoms with E-state index in [4.69, 9.17) is 48.5 Å². The van der Waals surface area contributed by atoms with Crippen LogP contribution in [0.15, 0.2) is 0 Å². The van der Waals surface area contributed by atoms with Gasteiger partial charge in [-0.2, -0.15) is 0 Å². The molecule has 0 saturated heterocycles. The predicted octanol–water partition coefficient (Wildman–Crippen LogP) is -7.07. The number of hydrogen-bond donors (Lipinski definition) is 6. The normalized spacial score (nSPS) is 6.00. The van der Waals surface area contributed by atoms with Crippen molar-refractivity contribution in [3.63, 3.8) is 0 Å². The van der Waals surface area contributed by atoms with Gasteiger partial charge in [0.2, 0.25) is 0 Å². The van der Waals surface area contributed by atoms with E-state index < -0.39 is 89.7 Å². The van der Waals surface area contributed by atoms with Crippen LogP contribution in [-0.2, 0) is 147 Å². The molecule has 21 heavy (non-hydrogen) atoms. The molecular weight excluding hydrogens is 663 g/mol. The number of rotatable bonds is 0. The molecule has 0 spiro atoms. The Labute approximate surface area is 188 Å². The van der Waals surface area contributed by atoms with Crippen LogP contribution >= 0.6 is 0 Å². The summed E-state index contributed by atoms with van der Waals surface area (Å²) < 4.78 is 92.6. The van der Waals surface area contributed by atoms with Crippen LogP contribution in [0.25, 0.3) is 0 Å². The standard InChI is InChI=1S/6Co.Fe.Li.Mn.6H2O.6O/h;;;;;;;;;6*1H2;;;;;;/q;;;;;;+3;+1;+2;;;;;;;;;;;;/p-6. The van der Waals surface area contributed by atoms with E-state index in [0.29, 0.717) is 0 Å². The second kappa shape index (κ2) is 135. The van der Waals surface area contributed by atoms with Gasteiger partial charge in [-0.05, 0) is 0 Å². The van der Waals surface area contributed by atoms with Gasteiger partial charge in [0.25, 0.3) is 0 Å². The van der Waals surface area contributed by atoms with Crippen molar-refractivity contribution >= 4 is 0 Å². The van der Waals surface area contributed by atoms with Crippen LogP contribution in [0.2, 0.25) is 0 Å². The van der Waals surface area contributed by atoms with Gasteiger partial charge < -0.3 is 0 Å². The fourth-order valence-corrected chi connectivity index (χ4v) is 0. The summed E-state index contributed by atoms with van der Waals surface area (Å²) >= 11 is -4.88. The average molecular weight is 669 g/mol. The molecule has 0 aromatic carbocycles. The van der Waals surface area contributed by atoms with Gasteiger partial charge >= 0.3 is 191 Å². The third kappa shape index (κ3) is 1000. The Morgan fingerprint density at radius 2 is 0.429 bits per heavy atom. The van der Waals surface area contributed by atoms with Crippen LogP contribution in [0.5, 0.6) is 0 Å². The van der Waals surface area contributed by atoms with E-state index in [1.54, 1.807) is 0 Å². The molecule has 12 nitrogen and oxygen atoms in total. The molecule has 2 radical (unpaired) electrons. The summed E-state index contributed by atoms with van der Waals surface area (Å²) in [6.07, 6.45) is 0. The fourth-order valence-electron chi connectivity index (χ4n) is 0. The zero-order chi connectivity index (χ0) is 16.2. The van der Waals surface area contributed by atoms with Gasteiger partial charge in [-0.1, -0.05) is 0 Å². The molecule has 21 heteroatoms. The van der Waals surface area contributed by atoms with Gasteiger partial charge in [-0.25, -0.2) is 0 Å². The number of hydrogen-bond acceptors (Lipinski definition) is 6. The quantitative estimate of drug-likeness (QED) is 0.133. The molecule has 0 saturated carbocycles. The second-order valence-corrected chi connectivity index (χ2v) is 1.51. The molecule has 0 unspecified atom stereocenters. The molecule has 0 fully saturated rings. The molecule has 0 aliphatic carbocycles. The van der Waals surface area contributed by atoms with Crippen molar-refractivity contribution in [2.24, 2.45) is 0 Å². The van der Waals surface area contributed by atoms with Crippen LogP contribution in [0.4, 0.5) is 0 Å². The topological polar surface area (TPSA) is 224 Å². The third-order valence-corrected chi connectivity index (χ3v) is 0. The SMILES string of the molecule is [Fe+3].[Li+].[Mn+2].[O]=[Co-][OH].[O]=[Co-][OH].[O]=[Co-][OH].[O]=[Co-][OH].[O]=[Co-][OH].[O]=[Co-][OH]. The first kappa shape index (κ1) is 56.4. The van der Waals surface area contributed by atoms with Crippen molar-refractivity contribution in [3.8, 4) is 0 Å². The van der Waals surface area contributed by atoms with Crippen molar-refractivity contribution in [1.82, 2.24) is 0 Å². The van der Waals surface area contributed by atoms with Crippen molar-refractivity contribution in [1.29, 1.82) is 0 Å². The zero-order valence-electron chi connectivity index (χ0n) is 8.86. The summed E-state index contributed by atoms with van der Waals surface area (Å²) in [5.74, 6) is 0. The Balaban J connectivity index is -0.0000000114. The van der Waals surface area contributed by atoms with E-state index in [1.165, 1.54) is 0 Å². The Hall–Kier alpha value is 3.24. The van der Waals surface area contributed by atoms with Crippen LogP contribution in [0.3, 0.4) is 0 Å². The van der Waals surface area contributed by atoms with Crippen molar-refractivity contribution in [3.05, 3.63) is 0 Å². The van der Waals surface area contributed by atoms with Gasteiger partial charge in [-0.15, -0.1) is 0 Å². The molecule has 0 aliphatic rings. The van der Waals surface area contributed by atoms with Gasteiger partial charge in [0.1, 0.15) is 0 Å². The monoisotopic (exact) mass is 669 g/mol. The van der Waals surface area contributed by atoms with Crippen LogP contribution < -0.4 is 18.9 Å². The molecule has 6 N–H and O–H groups in total. The van der Waals surface area contributed by atoms with Crippen molar-refractivity contribution in [2.45, 2.75) is 0 Å². The molecular formula is H6Co6FeLiMnO12. The first-order valence-corrected chi connectivity index (χ1v) is 7.05. The van der Waals surface area contributed by atoms with Gasteiger partial charge in [0.15, 0.2) is 0 Å². The molecule has 0 atom stereocenters. The summed E-state index contributed by atoms with van der Waals surface area (Å²) in [4.78, 5) is 0. The van der Waals surface area contributed by atoms with E-state index >= 15 is 0 Å². The van der Waals surface area contributed by atoms with Gasteiger partial charge in [-0.3, -0.25) is 0 Å². The van der Waals surface area contributed by atoms with Crippen molar-refractivity contribution < 1.29 is 191 Å². The molecule has 0 amide bonds. The maximum atomic E-state index is 8.45. The van der Waals surface area contributed by atoms with Gasteiger partial charge in [0, 0.05) is 0 Å². The Bertz CT molecular complexity index is 125. The molecule has 0 bridgehead atoms. The summed E-state index contributed by atoms with van der Waals surface area (Å²) in [7, 11) is 0. The van der Waals surface area contributed by atoms with Crippen molar-refractivity contribution in [2.75, 3.05) is 0 Å². The molecule has 148 valence electrons. The average Bonchev–Trinajstić information content (AvgIpc) is 2.23. The van der Waals surface area contributed by atoms with Crippen LogP contribution in [0, 0.1) is 0 Å². The minimum atomic E-state index is -0.812. The van der Waals surface area contributed by atoms with E-state index in [9.17, 15) is 0 Å². The molecule has 0 aliphatic heterocycles. The van der Waals surface area contributed by atoms with E-state index in [0.717, 1.165) is 0 Å². The Morgan fingerprint density at radius 1 is 0.429 bits per heavy atom. The molecule has 0 heterocycles. The summed E-state index contributed by atoms with van der Waals surface area (Å²) in [6.45, 7) is 0. The summed E-state index contributed by atoms with van der Waals surface area (Å²) in [5, 5.41) is 0. The summed E-state index contributed by atoms with van der Waals surface area (Å²) in [6, 6.07) is 0. The minimum absolute atomic E-state index is 0. The molecule has 0 rings (SSSR count). The second-order valence-electron chi connectivity index (χ2n) is 0.365. The molecule has 0 aromatic heterocycles. The van der Waals surface area contributed by atoms with Gasteiger partial charge in [0.05, 0.1) is 0 Å². The summed E-state index contributed by atoms with van der Waals surface area (Å²) in [5.41, 5.74) is 0. The van der Waals surface area contributed by atoms with E-state index in [2.05, 4.69) is 0 Å². The fraction of sp³-hybridized carbons (Fsp3) is 0. The van der Waals surface area contributed by atoms with Crippen LogP contribution in [-0.4, -0.2) is 25.3 Å². The first-order chi connectivity index (χ1) is 8.49. The zero-order valence-corrected chi connectivity index (χ0v) is 17.4. The maximum absolute atomic E-state index is 8.45. The Kier molecular flexibility index (Phi) is 362.